The van der Waals surface area contributed by atoms with Crippen LogP contribution in [0.1, 0.15) is 17.3 Å². The van der Waals surface area contributed by atoms with Gasteiger partial charge >= 0.3 is 5.97 Å². The van der Waals surface area contributed by atoms with E-state index in [1.54, 1.807) is 31.2 Å². The van der Waals surface area contributed by atoms with Gasteiger partial charge < -0.3 is 4.74 Å². The lowest BCUT2D eigenvalue weighted by Crippen LogP contribution is -2.36. The average molecular weight is 363 g/mol. The van der Waals surface area contributed by atoms with Crippen LogP contribution in [0.4, 0.5) is 11.4 Å². The molecule has 1 amide bonds. The van der Waals surface area contributed by atoms with E-state index in [4.69, 9.17) is 16.3 Å². The summed E-state index contributed by atoms with van der Waals surface area (Å²) in [5.41, 5.74) is 0.306. The van der Waals surface area contributed by atoms with E-state index < -0.39 is 16.8 Å². The van der Waals surface area contributed by atoms with Crippen molar-refractivity contribution in [1.82, 2.24) is 0 Å². The summed E-state index contributed by atoms with van der Waals surface area (Å²) < 4.78 is 4.90. The number of nitro groups is 1. The average Bonchev–Trinajstić information content (AvgIpc) is 2.60. The first-order valence-corrected chi connectivity index (χ1v) is 7.77. The van der Waals surface area contributed by atoms with Crippen LogP contribution in [0.2, 0.25) is 5.02 Å². The molecule has 0 fully saturated rings. The van der Waals surface area contributed by atoms with Crippen molar-refractivity contribution in [2.45, 2.75) is 6.92 Å². The van der Waals surface area contributed by atoms with E-state index in [9.17, 15) is 19.7 Å². The van der Waals surface area contributed by atoms with E-state index >= 15 is 0 Å². The Hall–Kier alpha value is -2.93. The minimum atomic E-state index is -0.589. The lowest BCUT2D eigenvalue weighted by Gasteiger charge is -2.22. The van der Waals surface area contributed by atoms with Crippen molar-refractivity contribution in [2.24, 2.45) is 0 Å². The minimum absolute atomic E-state index is 0.0912. The number of benzene rings is 2. The van der Waals surface area contributed by atoms with Gasteiger partial charge in [0.25, 0.3) is 11.6 Å². The highest BCUT2D eigenvalue weighted by Gasteiger charge is 2.23. The number of carbonyl (C=O) groups excluding carboxylic acids is 2. The van der Waals surface area contributed by atoms with Crippen LogP contribution in [0.25, 0.3) is 0 Å². The van der Waals surface area contributed by atoms with E-state index in [1.165, 1.54) is 23.1 Å². The number of rotatable bonds is 6. The second kappa shape index (κ2) is 8.25. The molecule has 0 aliphatic heterocycles. The largest absolute Gasteiger partial charge is 0.465 e. The Kier molecular flexibility index (Phi) is 6.08. The van der Waals surface area contributed by atoms with E-state index in [-0.39, 0.29) is 24.4 Å². The monoisotopic (exact) mass is 362 g/mol. The first kappa shape index (κ1) is 18.4. The molecule has 0 radical (unpaired) electrons. The maximum Gasteiger partial charge on any atom is 0.326 e. The summed E-state index contributed by atoms with van der Waals surface area (Å²) in [6.45, 7) is 1.52. The molecule has 0 aliphatic rings. The zero-order valence-electron chi connectivity index (χ0n) is 13.3. The number of amides is 1. The van der Waals surface area contributed by atoms with Crippen LogP contribution in [0.5, 0.6) is 0 Å². The van der Waals surface area contributed by atoms with E-state index in [0.29, 0.717) is 10.7 Å². The van der Waals surface area contributed by atoms with Gasteiger partial charge in [0.15, 0.2) is 0 Å². The van der Waals surface area contributed by atoms with Crippen LogP contribution >= 0.6 is 11.6 Å². The van der Waals surface area contributed by atoms with Gasteiger partial charge in [0.1, 0.15) is 6.54 Å². The van der Waals surface area contributed by atoms with Gasteiger partial charge in [0, 0.05) is 28.4 Å². The predicted molar refractivity (Wildman–Crippen MR) is 92.9 cm³/mol. The molecule has 0 unspecified atom stereocenters. The van der Waals surface area contributed by atoms with Gasteiger partial charge in [-0.1, -0.05) is 17.7 Å². The molecule has 0 aromatic heterocycles. The normalized spacial score (nSPS) is 10.2. The van der Waals surface area contributed by atoms with Crippen molar-refractivity contribution < 1.29 is 19.2 Å². The zero-order valence-corrected chi connectivity index (χ0v) is 14.1. The van der Waals surface area contributed by atoms with Gasteiger partial charge in [0.2, 0.25) is 0 Å². The number of nitro benzene ring substituents is 1. The second-order valence-corrected chi connectivity index (χ2v) is 5.42. The Morgan fingerprint density at radius 1 is 1.20 bits per heavy atom. The third-order valence-corrected chi connectivity index (χ3v) is 3.53. The van der Waals surface area contributed by atoms with Crippen molar-refractivity contribution >= 4 is 34.9 Å². The number of halogens is 1. The maximum atomic E-state index is 12.8. The molecule has 0 spiro atoms. The van der Waals surface area contributed by atoms with Gasteiger partial charge in [-0.3, -0.25) is 24.6 Å². The van der Waals surface area contributed by atoms with Gasteiger partial charge in [-0.05, 0) is 37.3 Å². The smallest absolute Gasteiger partial charge is 0.326 e. The molecule has 0 heterocycles. The summed E-state index contributed by atoms with van der Waals surface area (Å²) in [6, 6.07) is 11.6. The first-order chi connectivity index (χ1) is 11.9. The van der Waals surface area contributed by atoms with Crippen LogP contribution in [0.15, 0.2) is 48.5 Å². The van der Waals surface area contributed by atoms with Crippen LogP contribution in [-0.2, 0) is 9.53 Å². The molecule has 2 aromatic rings. The third kappa shape index (κ3) is 4.77. The lowest BCUT2D eigenvalue weighted by atomic mass is 10.1. The fourth-order valence-electron chi connectivity index (χ4n) is 2.15. The van der Waals surface area contributed by atoms with E-state index in [0.717, 1.165) is 6.07 Å². The number of non-ortho nitro benzene ring substituents is 1. The van der Waals surface area contributed by atoms with Crippen LogP contribution in [0, 0.1) is 10.1 Å². The molecule has 0 aliphatic carbocycles. The molecule has 2 rings (SSSR count). The fraction of sp³-hybridized carbons (Fsp3) is 0.176. The molecule has 8 heteroatoms. The Labute approximate surface area is 148 Å². The summed E-state index contributed by atoms with van der Waals surface area (Å²) in [5, 5.41) is 11.4. The molecule has 130 valence electrons. The number of hydrogen-bond acceptors (Lipinski definition) is 5. The quantitative estimate of drug-likeness (QED) is 0.446. The molecular formula is C17H15ClN2O5. The molecule has 0 saturated carbocycles. The molecule has 0 saturated heterocycles. The summed E-state index contributed by atoms with van der Waals surface area (Å²) in [7, 11) is 0. The van der Waals surface area contributed by atoms with Crippen molar-refractivity contribution in [3.63, 3.8) is 0 Å². The Balaban J connectivity index is 2.38. The summed E-state index contributed by atoms with van der Waals surface area (Å²) in [6.07, 6.45) is 0. The van der Waals surface area contributed by atoms with Crippen LogP contribution < -0.4 is 4.90 Å². The highest BCUT2D eigenvalue weighted by Crippen LogP contribution is 2.22. The third-order valence-electron chi connectivity index (χ3n) is 3.28. The Bertz CT molecular complexity index is 792. The number of hydrogen-bond donors (Lipinski definition) is 0. The molecule has 0 atom stereocenters. The predicted octanol–water partition coefficient (Wildman–Crippen LogP) is 3.46. The SMILES string of the molecule is CCOC(=O)CN(C(=O)c1cccc([N+](=O)[O-])c1)c1ccc(Cl)cc1. The molecule has 0 bridgehead atoms. The van der Waals surface area contributed by atoms with Crippen LogP contribution in [0.3, 0.4) is 0 Å². The van der Waals surface area contributed by atoms with Gasteiger partial charge in [-0.2, -0.15) is 0 Å². The molecule has 2 aromatic carbocycles. The van der Waals surface area contributed by atoms with E-state index in [1.807, 2.05) is 0 Å². The molecular weight excluding hydrogens is 348 g/mol. The number of anilines is 1. The lowest BCUT2D eigenvalue weighted by molar-refractivity contribution is -0.384. The number of esters is 1. The molecule has 25 heavy (non-hydrogen) atoms. The minimum Gasteiger partial charge on any atom is -0.465 e. The van der Waals surface area contributed by atoms with Gasteiger partial charge in [-0.25, -0.2) is 0 Å². The summed E-state index contributed by atoms with van der Waals surface area (Å²) in [5.74, 6) is -1.14. The highest BCUT2D eigenvalue weighted by atomic mass is 35.5. The van der Waals surface area contributed by atoms with Crippen molar-refractivity contribution in [2.75, 3.05) is 18.1 Å². The molecule has 0 N–H and O–H groups in total. The van der Waals surface area contributed by atoms with Crippen LogP contribution in [-0.4, -0.2) is 30.0 Å². The Morgan fingerprint density at radius 2 is 1.88 bits per heavy atom. The topological polar surface area (TPSA) is 89.8 Å². The van der Waals surface area contributed by atoms with Gasteiger partial charge in [0.05, 0.1) is 11.5 Å². The van der Waals surface area contributed by atoms with Gasteiger partial charge in [-0.15, -0.1) is 0 Å². The number of carbonyl (C=O) groups is 2. The highest BCUT2D eigenvalue weighted by molar-refractivity contribution is 6.30. The number of nitrogens with zero attached hydrogens (tertiary/aromatic N) is 2. The Morgan fingerprint density at radius 3 is 2.48 bits per heavy atom. The summed E-state index contributed by atoms with van der Waals surface area (Å²) in [4.78, 5) is 36.2. The maximum absolute atomic E-state index is 12.8. The zero-order chi connectivity index (χ0) is 18.4. The first-order valence-electron chi connectivity index (χ1n) is 7.40. The number of ether oxygens (including phenoxy) is 1. The van der Waals surface area contributed by atoms with Crippen molar-refractivity contribution in [1.29, 1.82) is 0 Å². The summed E-state index contributed by atoms with van der Waals surface area (Å²) >= 11 is 5.85. The standard InChI is InChI=1S/C17H15ClN2O5/c1-2-25-16(21)11-19(14-8-6-13(18)7-9-14)17(22)12-4-3-5-15(10-12)20(23)24/h3-10H,2,11H2,1H3. The van der Waals surface area contributed by atoms with E-state index in [2.05, 4.69) is 0 Å². The van der Waals surface area contributed by atoms with Crippen molar-refractivity contribution in [3.8, 4) is 0 Å². The second-order valence-electron chi connectivity index (χ2n) is 4.98. The van der Waals surface area contributed by atoms with Crippen molar-refractivity contribution in [3.05, 3.63) is 69.2 Å². The molecule has 7 nitrogen and oxygen atoms in total. The fourth-order valence-corrected chi connectivity index (χ4v) is 2.27.